The summed E-state index contributed by atoms with van der Waals surface area (Å²) < 4.78 is 35.0. The van der Waals surface area contributed by atoms with E-state index in [2.05, 4.69) is 79.7 Å². The predicted octanol–water partition coefficient (Wildman–Crippen LogP) is 10.5. The zero-order valence-corrected chi connectivity index (χ0v) is 34.6. The van der Waals surface area contributed by atoms with E-state index in [9.17, 15) is 9.59 Å². The summed E-state index contributed by atoms with van der Waals surface area (Å²) in [6.07, 6.45) is -0.0516. The molecule has 0 bridgehead atoms. The van der Waals surface area contributed by atoms with Gasteiger partial charge in [0.25, 0.3) is 0 Å². The maximum atomic E-state index is 12.8. The van der Waals surface area contributed by atoms with Crippen LogP contribution in [0.5, 0.6) is 17.2 Å². The molecule has 0 fully saturated rings. The largest absolute Gasteiger partial charge is 0.491 e. The lowest BCUT2D eigenvalue weighted by molar-refractivity contribution is -0.0796. The van der Waals surface area contributed by atoms with Crippen molar-refractivity contribution < 1.29 is 38.0 Å². The van der Waals surface area contributed by atoms with E-state index in [4.69, 9.17) is 28.4 Å². The van der Waals surface area contributed by atoms with E-state index in [-0.39, 0.29) is 35.7 Å². The quantitative estimate of drug-likeness (QED) is 0.0928. The van der Waals surface area contributed by atoms with E-state index >= 15 is 0 Å². The van der Waals surface area contributed by atoms with Gasteiger partial charge in [-0.05, 0) is 124 Å². The number of hydrogen-bond acceptors (Lipinski definition) is 8. The fourth-order valence-corrected chi connectivity index (χ4v) is 5.77. The number of benzene rings is 4. The minimum absolute atomic E-state index is 0.0107. The summed E-state index contributed by atoms with van der Waals surface area (Å²) in [7, 11) is 0. The molecule has 4 rings (SSSR count). The molecule has 0 saturated heterocycles. The molecule has 3 unspecified atom stereocenters. The molecule has 0 aliphatic heterocycles. The van der Waals surface area contributed by atoms with Gasteiger partial charge in [0.2, 0.25) is 0 Å². The van der Waals surface area contributed by atoms with Crippen molar-refractivity contribution in [2.75, 3.05) is 19.8 Å². The third kappa shape index (κ3) is 12.9. The molecule has 0 radical (unpaired) electrons. The Morgan fingerprint density at radius 1 is 0.491 bits per heavy atom. The van der Waals surface area contributed by atoms with Crippen LogP contribution in [0.1, 0.15) is 120 Å². The zero-order chi connectivity index (χ0) is 40.4. The fraction of sp³-hybridized carbons (Fsp3) is 0.447. The maximum Gasteiger partial charge on any atom is 0.338 e. The van der Waals surface area contributed by atoms with Crippen LogP contribution in [0.2, 0.25) is 0 Å². The average molecular weight is 753 g/mol. The molecule has 296 valence electrons. The average Bonchev–Trinajstić information content (AvgIpc) is 3.15. The van der Waals surface area contributed by atoms with Crippen LogP contribution >= 0.6 is 0 Å². The highest BCUT2D eigenvalue weighted by atomic mass is 16.6. The normalized spacial score (nSPS) is 13.7. The first-order valence-corrected chi connectivity index (χ1v) is 19.3. The minimum Gasteiger partial charge on any atom is -0.491 e. The summed E-state index contributed by atoms with van der Waals surface area (Å²) >= 11 is 0. The first-order valence-electron chi connectivity index (χ1n) is 19.3. The Labute approximate surface area is 328 Å². The molecular weight excluding hydrogens is 693 g/mol. The molecule has 0 saturated carbocycles. The Hall–Kier alpha value is -4.82. The summed E-state index contributed by atoms with van der Waals surface area (Å²) in [6.45, 7) is 23.6. The van der Waals surface area contributed by atoms with Crippen molar-refractivity contribution in [3.8, 4) is 17.2 Å². The molecule has 0 heterocycles. The molecule has 0 aliphatic rings. The Kier molecular flexibility index (Phi) is 14.6. The van der Waals surface area contributed by atoms with Gasteiger partial charge in [0.1, 0.15) is 49.3 Å². The summed E-state index contributed by atoms with van der Waals surface area (Å²) in [6, 6.07) is 30.3. The van der Waals surface area contributed by atoms with Gasteiger partial charge in [-0.3, -0.25) is 0 Å². The molecule has 0 N–H and O–H groups in total. The lowest BCUT2D eigenvalue weighted by atomic mass is 9.78. The molecule has 3 atom stereocenters. The highest BCUT2D eigenvalue weighted by Crippen LogP contribution is 2.33. The smallest absolute Gasteiger partial charge is 0.338 e. The predicted molar refractivity (Wildman–Crippen MR) is 218 cm³/mol. The second-order valence-electron chi connectivity index (χ2n) is 16.4. The van der Waals surface area contributed by atoms with E-state index in [1.807, 2.05) is 55.5 Å². The van der Waals surface area contributed by atoms with Gasteiger partial charge >= 0.3 is 11.9 Å². The third-order valence-electron chi connectivity index (χ3n) is 9.67. The van der Waals surface area contributed by atoms with E-state index in [0.29, 0.717) is 29.2 Å². The maximum absolute atomic E-state index is 12.8. The molecule has 0 aliphatic carbocycles. The molecule has 55 heavy (non-hydrogen) atoms. The van der Waals surface area contributed by atoms with Crippen molar-refractivity contribution in [1.29, 1.82) is 0 Å². The SMILES string of the molecule is CCC(C)(C)OC(C)COc1ccc(C(C)(C)c2ccc(OCC(C)OC(=O)c3ccc(C(=O)OC(C)COc4ccc(C(C)(C)C)cc4)cc3)cc2)cc1. The first kappa shape index (κ1) is 42.9. The molecular formula is C47H60O8. The van der Waals surface area contributed by atoms with Gasteiger partial charge in [0.05, 0.1) is 22.8 Å². The van der Waals surface area contributed by atoms with Gasteiger partial charge in [-0.1, -0.05) is 77.9 Å². The van der Waals surface area contributed by atoms with E-state index in [0.717, 1.165) is 23.3 Å². The third-order valence-corrected chi connectivity index (χ3v) is 9.67. The number of hydrogen-bond donors (Lipinski definition) is 0. The number of rotatable bonds is 18. The Morgan fingerprint density at radius 2 is 0.818 bits per heavy atom. The number of ether oxygens (including phenoxy) is 6. The van der Waals surface area contributed by atoms with Gasteiger partial charge in [-0.25, -0.2) is 9.59 Å². The summed E-state index contributed by atoms with van der Waals surface area (Å²) in [4.78, 5) is 25.6. The second kappa shape index (κ2) is 18.7. The zero-order valence-electron chi connectivity index (χ0n) is 34.6. The number of esters is 2. The van der Waals surface area contributed by atoms with Crippen LogP contribution < -0.4 is 14.2 Å². The minimum atomic E-state index is -0.507. The molecule has 0 amide bonds. The topological polar surface area (TPSA) is 89.5 Å². The summed E-state index contributed by atoms with van der Waals surface area (Å²) in [5.41, 5.74) is 3.79. The van der Waals surface area contributed by atoms with Crippen molar-refractivity contribution >= 4 is 11.9 Å². The van der Waals surface area contributed by atoms with Crippen molar-refractivity contribution in [2.24, 2.45) is 0 Å². The van der Waals surface area contributed by atoms with Crippen LogP contribution in [0.15, 0.2) is 97.1 Å². The summed E-state index contributed by atoms with van der Waals surface area (Å²) in [5.74, 6) is 1.19. The number of carbonyl (C=O) groups is 2. The lowest BCUT2D eigenvalue weighted by Gasteiger charge is -2.28. The molecule has 0 aromatic heterocycles. The molecule has 0 spiro atoms. The van der Waals surface area contributed by atoms with Crippen molar-refractivity contribution in [2.45, 2.75) is 117 Å². The van der Waals surface area contributed by atoms with Crippen LogP contribution in [-0.4, -0.2) is 55.7 Å². The Bertz CT molecular complexity index is 1800. The molecule has 8 heteroatoms. The van der Waals surface area contributed by atoms with Gasteiger partial charge in [0, 0.05) is 5.41 Å². The fourth-order valence-electron chi connectivity index (χ4n) is 5.77. The molecule has 4 aromatic carbocycles. The Morgan fingerprint density at radius 3 is 1.15 bits per heavy atom. The van der Waals surface area contributed by atoms with Gasteiger partial charge in [-0.2, -0.15) is 0 Å². The molecule has 4 aromatic rings. The van der Waals surface area contributed by atoms with Crippen LogP contribution in [0.25, 0.3) is 0 Å². The highest BCUT2D eigenvalue weighted by Gasteiger charge is 2.24. The lowest BCUT2D eigenvalue weighted by Crippen LogP contribution is -2.31. The number of carbonyl (C=O) groups excluding carboxylic acids is 2. The van der Waals surface area contributed by atoms with E-state index in [1.165, 1.54) is 5.56 Å². The van der Waals surface area contributed by atoms with Crippen LogP contribution in [0.4, 0.5) is 0 Å². The van der Waals surface area contributed by atoms with Crippen molar-refractivity contribution in [3.05, 3.63) is 125 Å². The van der Waals surface area contributed by atoms with Crippen LogP contribution in [0.3, 0.4) is 0 Å². The van der Waals surface area contributed by atoms with Crippen LogP contribution in [-0.2, 0) is 25.0 Å². The van der Waals surface area contributed by atoms with Gasteiger partial charge in [-0.15, -0.1) is 0 Å². The van der Waals surface area contributed by atoms with Gasteiger partial charge in [0.15, 0.2) is 0 Å². The molecule has 8 nitrogen and oxygen atoms in total. The highest BCUT2D eigenvalue weighted by molar-refractivity contribution is 5.93. The summed E-state index contributed by atoms with van der Waals surface area (Å²) in [5, 5.41) is 0. The van der Waals surface area contributed by atoms with E-state index < -0.39 is 24.1 Å². The monoisotopic (exact) mass is 752 g/mol. The van der Waals surface area contributed by atoms with Crippen molar-refractivity contribution in [1.82, 2.24) is 0 Å². The van der Waals surface area contributed by atoms with Crippen molar-refractivity contribution in [3.63, 3.8) is 0 Å². The van der Waals surface area contributed by atoms with Gasteiger partial charge < -0.3 is 28.4 Å². The van der Waals surface area contributed by atoms with Crippen LogP contribution in [0, 0.1) is 0 Å². The Balaban J connectivity index is 1.20. The second-order valence-corrected chi connectivity index (χ2v) is 16.4. The van der Waals surface area contributed by atoms with E-state index in [1.54, 1.807) is 38.1 Å². The standard InChI is InChI=1S/C47H60O8/c1-12-46(8,9)55-34(4)31-52-42-27-21-39(22-28-42)47(10,11)38-19-25-41(26-20-38)51-30-33(3)54-44(49)36-15-13-35(14-16-36)43(48)53-32(2)29-50-40-23-17-37(18-24-40)45(5,6)7/h13-28,32-34H,12,29-31H2,1-11H3. The first-order chi connectivity index (χ1) is 25.9.